The maximum atomic E-state index is 14.9. The first-order valence-electron chi connectivity index (χ1n) is 10.1. The molecule has 1 aromatic rings. The Hall–Kier alpha value is -2.18. The second-order valence-electron chi connectivity index (χ2n) is 7.94. The topological polar surface area (TPSA) is 18.5 Å². The predicted molar refractivity (Wildman–Crippen MR) is 109 cm³/mol. The zero-order chi connectivity index (χ0) is 21.4. The van der Waals surface area contributed by atoms with E-state index in [-0.39, 0.29) is 23.4 Å². The summed E-state index contributed by atoms with van der Waals surface area (Å²) in [6.07, 6.45) is -1.07. The molecule has 1 fully saturated rings. The lowest BCUT2D eigenvalue weighted by molar-refractivity contribution is -0.185. The molecule has 1 heterocycles. The van der Waals surface area contributed by atoms with Crippen LogP contribution in [0.4, 0.5) is 17.6 Å². The Labute approximate surface area is 173 Å². The molecule has 6 heteroatoms. The number of benzene rings is 1. The lowest BCUT2D eigenvalue weighted by Crippen LogP contribution is -2.36. The van der Waals surface area contributed by atoms with Crippen LogP contribution in [0.2, 0.25) is 0 Å². The Kier molecular flexibility index (Phi) is 5.98. The Morgan fingerprint density at radius 3 is 1.77 bits per heavy atom. The standard InChI is InChI=1S/C24H24F4O2/c1-13-3-8-18(22(26)21(13)25)15-4-6-16(7-5-15)19-9-10-20(24(28)23(19)27)17-11-29-14(2)30-12-17/h3-10,14,17,21-24H,11-12H2,1-2H3. The van der Waals surface area contributed by atoms with Crippen molar-refractivity contribution in [2.24, 2.45) is 5.92 Å². The monoisotopic (exact) mass is 420 g/mol. The molecular weight excluding hydrogens is 396 g/mol. The summed E-state index contributed by atoms with van der Waals surface area (Å²) in [5.74, 6) is -0.320. The lowest BCUT2D eigenvalue weighted by Gasteiger charge is -2.33. The van der Waals surface area contributed by atoms with Crippen LogP contribution in [-0.2, 0) is 9.47 Å². The highest BCUT2D eigenvalue weighted by atomic mass is 19.2. The molecule has 0 radical (unpaired) electrons. The summed E-state index contributed by atoms with van der Waals surface area (Å²) in [6.45, 7) is 3.89. The number of ether oxygens (including phenoxy) is 2. The molecule has 4 atom stereocenters. The van der Waals surface area contributed by atoms with Crippen LogP contribution in [0.1, 0.15) is 25.0 Å². The normalized spacial score (nSPS) is 34.6. The van der Waals surface area contributed by atoms with E-state index in [1.807, 2.05) is 0 Å². The van der Waals surface area contributed by atoms with E-state index in [0.29, 0.717) is 35.5 Å². The zero-order valence-electron chi connectivity index (χ0n) is 16.8. The van der Waals surface area contributed by atoms with Gasteiger partial charge in [0.05, 0.1) is 13.2 Å². The third-order valence-electron chi connectivity index (χ3n) is 5.93. The average Bonchev–Trinajstić information content (AvgIpc) is 2.75. The van der Waals surface area contributed by atoms with Crippen LogP contribution in [0, 0.1) is 5.92 Å². The van der Waals surface area contributed by atoms with Gasteiger partial charge in [-0.2, -0.15) is 0 Å². The first-order valence-corrected chi connectivity index (χ1v) is 10.1. The van der Waals surface area contributed by atoms with Crippen LogP contribution in [0.15, 0.2) is 59.7 Å². The molecule has 3 aliphatic rings. The lowest BCUT2D eigenvalue weighted by atomic mass is 9.84. The van der Waals surface area contributed by atoms with Gasteiger partial charge in [-0.3, -0.25) is 0 Å². The fourth-order valence-electron chi connectivity index (χ4n) is 4.01. The van der Waals surface area contributed by atoms with Gasteiger partial charge in [0.2, 0.25) is 0 Å². The van der Waals surface area contributed by atoms with E-state index in [1.54, 1.807) is 62.4 Å². The molecule has 1 saturated heterocycles. The third kappa shape index (κ3) is 3.91. The van der Waals surface area contributed by atoms with E-state index in [4.69, 9.17) is 9.47 Å². The highest BCUT2D eigenvalue weighted by Gasteiger charge is 2.36. The van der Waals surface area contributed by atoms with Crippen molar-refractivity contribution in [2.45, 2.75) is 44.8 Å². The number of alkyl halides is 4. The van der Waals surface area contributed by atoms with Gasteiger partial charge >= 0.3 is 0 Å². The van der Waals surface area contributed by atoms with Gasteiger partial charge in [0.15, 0.2) is 31.0 Å². The molecule has 30 heavy (non-hydrogen) atoms. The molecular formula is C24H24F4O2. The fraction of sp³-hybridized carbons (Fsp3) is 0.417. The average molecular weight is 420 g/mol. The second kappa shape index (κ2) is 8.52. The van der Waals surface area contributed by atoms with E-state index in [9.17, 15) is 17.6 Å². The van der Waals surface area contributed by atoms with Crippen LogP contribution < -0.4 is 0 Å². The first kappa shape index (κ1) is 21.1. The van der Waals surface area contributed by atoms with Crippen molar-refractivity contribution >= 4 is 11.1 Å². The quantitative estimate of drug-likeness (QED) is 0.583. The van der Waals surface area contributed by atoms with Gasteiger partial charge in [0, 0.05) is 5.92 Å². The van der Waals surface area contributed by atoms with Crippen LogP contribution in [-0.4, -0.2) is 44.2 Å². The number of allylic oxidation sites excluding steroid dienone is 7. The van der Waals surface area contributed by atoms with Gasteiger partial charge in [-0.15, -0.1) is 0 Å². The van der Waals surface area contributed by atoms with Crippen LogP contribution in [0.5, 0.6) is 0 Å². The van der Waals surface area contributed by atoms with Crippen molar-refractivity contribution < 1.29 is 27.0 Å². The molecule has 1 aliphatic heterocycles. The summed E-state index contributed by atoms with van der Waals surface area (Å²) in [6, 6.07) is 6.44. The maximum absolute atomic E-state index is 14.9. The largest absolute Gasteiger partial charge is 0.352 e. The van der Waals surface area contributed by atoms with E-state index in [2.05, 4.69) is 0 Å². The van der Waals surface area contributed by atoms with Crippen LogP contribution in [0.3, 0.4) is 0 Å². The second-order valence-corrected chi connectivity index (χ2v) is 7.94. The van der Waals surface area contributed by atoms with Gasteiger partial charge in [-0.05, 0) is 47.3 Å². The van der Waals surface area contributed by atoms with E-state index in [0.717, 1.165) is 0 Å². The molecule has 0 aromatic heterocycles. The summed E-state index contributed by atoms with van der Waals surface area (Å²) in [5, 5.41) is 0. The summed E-state index contributed by atoms with van der Waals surface area (Å²) >= 11 is 0. The van der Waals surface area contributed by atoms with Gasteiger partial charge in [-0.1, -0.05) is 48.6 Å². The molecule has 1 aromatic carbocycles. The molecule has 4 unspecified atom stereocenters. The molecule has 2 aliphatic carbocycles. The van der Waals surface area contributed by atoms with Gasteiger partial charge in [0.25, 0.3) is 0 Å². The number of hydrogen-bond acceptors (Lipinski definition) is 2. The van der Waals surface area contributed by atoms with Crippen LogP contribution >= 0.6 is 0 Å². The maximum Gasteiger partial charge on any atom is 0.161 e. The number of hydrogen-bond donors (Lipinski definition) is 0. The SMILES string of the molecule is CC1=CC=C(c2ccc(C3=CC=C(C4COC(C)OC4)C(F)C3F)cc2)C(F)C1F. The fourth-order valence-corrected chi connectivity index (χ4v) is 4.01. The van der Waals surface area contributed by atoms with Gasteiger partial charge < -0.3 is 9.47 Å². The van der Waals surface area contributed by atoms with Crippen molar-refractivity contribution in [3.63, 3.8) is 0 Å². The van der Waals surface area contributed by atoms with Gasteiger partial charge in [0.1, 0.15) is 0 Å². The summed E-state index contributed by atoms with van der Waals surface area (Å²) in [4.78, 5) is 0. The van der Waals surface area contributed by atoms with Crippen LogP contribution in [0.25, 0.3) is 11.1 Å². The molecule has 0 N–H and O–H groups in total. The highest BCUT2D eigenvalue weighted by Crippen LogP contribution is 2.37. The minimum atomic E-state index is -1.82. The van der Waals surface area contributed by atoms with Crippen molar-refractivity contribution in [2.75, 3.05) is 13.2 Å². The molecule has 160 valence electrons. The minimum absolute atomic E-state index is 0.220. The highest BCUT2D eigenvalue weighted by molar-refractivity contribution is 5.77. The molecule has 2 nitrogen and oxygen atoms in total. The zero-order valence-corrected chi connectivity index (χ0v) is 16.8. The minimum Gasteiger partial charge on any atom is -0.352 e. The van der Waals surface area contributed by atoms with E-state index in [1.165, 1.54) is 0 Å². The van der Waals surface area contributed by atoms with E-state index >= 15 is 0 Å². The smallest absolute Gasteiger partial charge is 0.161 e. The van der Waals surface area contributed by atoms with E-state index < -0.39 is 24.7 Å². The van der Waals surface area contributed by atoms with Crippen molar-refractivity contribution in [3.8, 4) is 0 Å². The summed E-state index contributed by atoms with van der Waals surface area (Å²) in [7, 11) is 0. The summed E-state index contributed by atoms with van der Waals surface area (Å²) < 4.78 is 68.9. The molecule has 0 spiro atoms. The van der Waals surface area contributed by atoms with Crippen molar-refractivity contribution in [3.05, 3.63) is 70.8 Å². The third-order valence-corrected chi connectivity index (χ3v) is 5.93. The molecule has 0 bridgehead atoms. The first-order chi connectivity index (χ1) is 14.4. The Balaban J connectivity index is 1.56. The van der Waals surface area contributed by atoms with Gasteiger partial charge in [-0.25, -0.2) is 17.6 Å². The molecule has 4 rings (SSSR count). The molecule has 0 saturated carbocycles. The Morgan fingerprint density at radius 1 is 0.700 bits per heavy atom. The summed E-state index contributed by atoms with van der Waals surface area (Å²) in [5.41, 5.74) is 2.16. The number of rotatable bonds is 3. The van der Waals surface area contributed by atoms with Crippen molar-refractivity contribution in [1.29, 1.82) is 0 Å². The Morgan fingerprint density at radius 2 is 1.20 bits per heavy atom. The molecule has 0 amide bonds. The predicted octanol–water partition coefficient (Wildman–Crippen LogP) is 5.71. The Bertz CT molecular complexity index is 908. The van der Waals surface area contributed by atoms with Crippen molar-refractivity contribution in [1.82, 2.24) is 0 Å². The number of halogens is 4.